The van der Waals surface area contributed by atoms with Gasteiger partial charge >= 0.3 is 5.97 Å². The molecule has 1 aromatic carbocycles. The van der Waals surface area contributed by atoms with Crippen LogP contribution in [0.4, 0.5) is 0 Å². The summed E-state index contributed by atoms with van der Waals surface area (Å²) in [5.74, 6) is 0.0254. The van der Waals surface area contributed by atoms with Crippen LogP contribution in [-0.2, 0) is 11.3 Å². The lowest BCUT2D eigenvalue weighted by atomic mass is 9.85. The highest BCUT2D eigenvalue weighted by Crippen LogP contribution is 2.33. The van der Waals surface area contributed by atoms with E-state index < -0.39 is 5.97 Å². The van der Waals surface area contributed by atoms with Crippen LogP contribution in [0.2, 0.25) is 0 Å². The summed E-state index contributed by atoms with van der Waals surface area (Å²) in [5, 5.41) is 20.9. The number of H-pyrrole nitrogens is 1. The summed E-state index contributed by atoms with van der Waals surface area (Å²) in [6.07, 6.45) is 6.46. The summed E-state index contributed by atoms with van der Waals surface area (Å²) in [4.78, 5) is 13.2. The Balaban J connectivity index is 1.26. The predicted molar refractivity (Wildman–Crippen MR) is 91.7 cm³/mol. The molecule has 0 saturated heterocycles. The standard InChI is InChI=1S/C18H24N4O2/c23-18(24)11-22(10-12-1-2-12)16-6-15(7-16)19-8-13-3-4-14-9-20-21-17(14)5-13/h3-5,9,12,15-16,19H,1-2,6-8,10-11H2,(H,20,21)(H,23,24). The zero-order valence-electron chi connectivity index (χ0n) is 13.7. The Kier molecular flexibility index (Phi) is 4.24. The van der Waals surface area contributed by atoms with E-state index in [0.29, 0.717) is 12.1 Å². The molecule has 2 fully saturated rings. The fourth-order valence-electron chi connectivity index (χ4n) is 3.56. The van der Waals surface area contributed by atoms with Crippen molar-refractivity contribution in [1.82, 2.24) is 20.4 Å². The van der Waals surface area contributed by atoms with Crippen molar-refractivity contribution < 1.29 is 9.90 Å². The van der Waals surface area contributed by atoms with Crippen molar-refractivity contribution in [3.63, 3.8) is 0 Å². The van der Waals surface area contributed by atoms with E-state index in [1.807, 2.05) is 6.20 Å². The van der Waals surface area contributed by atoms with Gasteiger partial charge in [0.15, 0.2) is 0 Å². The van der Waals surface area contributed by atoms with Crippen molar-refractivity contribution in [3.8, 4) is 0 Å². The highest BCUT2D eigenvalue weighted by atomic mass is 16.4. The fraction of sp³-hybridized carbons (Fsp3) is 0.556. The number of hydrogen-bond donors (Lipinski definition) is 3. The molecule has 3 N–H and O–H groups in total. The summed E-state index contributed by atoms with van der Waals surface area (Å²) in [7, 11) is 0. The summed E-state index contributed by atoms with van der Waals surface area (Å²) in [6, 6.07) is 7.27. The second kappa shape index (κ2) is 6.53. The third kappa shape index (κ3) is 3.60. The molecule has 0 radical (unpaired) electrons. The Labute approximate surface area is 141 Å². The maximum absolute atomic E-state index is 11.1. The van der Waals surface area contributed by atoms with Gasteiger partial charge in [0.25, 0.3) is 0 Å². The molecule has 0 aliphatic heterocycles. The molecule has 2 saturated carbocycles. The van der Waals surface area contributed by atoms with Gasteiger partial charge in [0.2, 0.25) is 0 Å². The van der Waals surface area contributed by atoms with Crippen LogP contribution in [0.25, 0.3) is 10.9 Å². The number of rotatable bonds is 8. The van der Waals surface area contributed by atoms with E-state index in [-0.39, 0.29) is 6.54 Å². The minimum atomic E-state index is -0.708. The van der Waals surface area contributed by atoms with Crippen molar-refractivity contribution in [2.75, 3.05) is 13.1 Å². The number of hydrogen-bond acceptors (Lipinski definition) is 4. The lowest BCUT2D eigenvalue weighted by Crippen LogP contribution is -2.54. The average Bonchev–Trinajstić information content (AvgIpc) is 3.19. The second-order valence-electron chi connectivity index (χ2n) is 7.26. The molecule has 128 valence electrons. The molecular weight excluding hydrogens is 304 g/mol. The van der Waals surface area contributed by atoms with Crippen LogP contribution in [0.3, 0.4) is 0 Å². The van der Waals surface area contributed by atoms with Gasteiger partial charge in [-0.1, -0.05) is 12.1 Å². The van der Waals surface area contributed by atoms with Crippen LogP contribution < -0.4 is 5.32 Å². The minimum absolute atomic E-state index is 0.185. The lowest BCUT2D eigenvalue weighted by Gasteiger charge is -2.43. The monoisotopic (exact) mass is 328 g/mol. The van der Waals surface area contributed by atoms with E-state index in [9.17, 15) is 4.79 Å². The number of benzene rings is 1. The van der Waals surface area contributed by atoms with Crippen LogP contribution in [0.15, 0.2) is 24.4 Å². The Morgan fingerprint density at radius 3 is 2.96 bits per heavy atom. The first-order chi connectivity index (χ1) is 11.7. The van der Waals surface area contributed by atoms with Crippen LogP contribution in [-0.4, -0.2) is 51.3 Å². The number of carboxylic acids is 1. The average molecular weight is 328 g/mol. The van der Waals surface area contributed by atoms with Gasteiger partial charge < -0.3 is 10.4 Å². The molecule has 6 heteroatoms. The van der Waals surface area contributed by atoms with Gasteiger partial charge in [-0.15, -0.1) is 0 Å². The van der Waals surface area contributed by atoms with E-state index in [4.69, 9.17) is 5.11 Å². The van der Waals surface area contributed by atoms with Gasteiger partial charge in [0.05, 0.1) is 18.3 Å². The molecule has 0 atom stereocenters. The van der Waals surface area contributed by atoms with Crippen LogP contribution in [0.5, 0.6) is 0 Å². The number of fused-ring (bicyclic) bond motifs is 1. The largest absolute Gasteiger partial charge is 0.480 e. The minimum Gasteiger partial charge on any atom is -0.480 e. The molecule has 1 heterocycles. The predicted octanol–water partition coefficient (Wildman–Crippen LogP) is 1.98. The highest BCUT2D eigenvalue weighted by Gasteiger charge is 2.36. The number of nitrogens with zero attached hydrogens (tertiary/aromatic N) is 2. The summed E-state index contributed by atoms with van der Waals surface area (Å²) in [5.41, 5.74) is 2.31. The number of carboxylic acid groups (broad SMARTS) is 1. The molecule has 2 aliphatic carbocycles. The molecule has 1 aromatic heterocycles. The molecule has 0 bridgehead atoms. The third-order valence-corrected chi connectivity index (χ3v) is 5.26. The normalized spacial score (nSPS) is 23.5. The molecule has 4 rings (SSSR count). The van der Waals surface area contributed by atoms with E-state index in [0.717, 1.165) is 42.8 Å². The number of nitrogens with one attached hydrogen (secondary N) is 2. The zero-order valence-corrected chi connectivity index (χ0v) is 13.7. The van der Waals surface area contributed by atoms with Gasteiger partial charge in [-0.3, -0.25) is 14.8 Å². The van der Waals surface area contributed by atoms with Crippen molar-refractivity contribution in [2.45, 2.75) is 44.3 Å². The lowest BCUT2D eigenvalue weighted by molar-refractivity contribution is -0.139. The van der Waals surface area contributed by atoms with Gasteiger partial charge in [0, 0.05) is 30.6 Å². The van der Waals surface area contributed by atoms with Gasteiger partial charge in [0.1, 0.15) is 0 Å². The van der Waals surface area contributed by atoms with Crippen molar-refractivity contribution in [2.24, 2.45) is 5.92 Å². The first-order valence-electron chi connectivity index (χ1n) is 8.78. The van der Waals surface area contributed by atoms with E-state index in [1.54, 1.807) is 0 Å². The quantitative estimate of drug-likeness (QED) is 0.690. The van der Waals surface area contributed by atoms with Crippen molar-refractivity contribution in [1.29, 1.82) is 0 Å². The van der Waals surface area contributed by atoms with E-state index >= 15 is 0 Å². The number of aromatic amines is 1. The van der Waals surface area contributed by atoms with Crippen molar-refractivity contribution in [3.05, 3.63) is 30.0 Å². The molecule has 0 amide bonds. The van der Waals surface area contributed by atoms with E-state index in [1.165, 1.54) is 18.4 Å². The summed E-state index contributed by atoms with van der Waals surface area (Å²) >= 11 is 0. The van der Waals surface area contributed by atoms with Gasteiger partial charge in [-0.2, -0.15) is 5.10 Å². The van der Waals surface area contributed by atoms with Crippen LogP contribution >= 0.6 is 0 Å². The number of carbonyl (C=O) groups is 1. The molecule has 2 aromatic rings. The molecule has 6 nitrogen and oxygen atoms in total. The Morgan fingerprint density at radius 2 is 2.21 bits per heavy atom. The molecule has 0 spiro atoms. The topological polar surface area (TPSA) is 81.2 Å². The zero-order chi connectivity index (χ0) is 16.5. The van der Waals surface area contributed by atoms with Crippen molar-refractivity contribution >= 4 is 16.9 Å². The maximum Gasteiger partial charge on any atom is 0.317 e. The van der Waals surface area contributed by atoms with Gasteiger partial charge in [-0.05, 0) is 43.2 Å². The fourth-order valence-corrected chi connectivity index (χ4v) is 3.56. The summed E-state index contributed by atoms with van der Waals surface area (Å²) in [6.45, 7) is 1.98. The summed E-state index contributed by atoms with van der Waals surface area (Å²) < 4.78 is 0. The SMILES string of the molecule is O=C(O)CN(CC1CC1)C1CC(NCc2ccc3cn[nH]c3c2)C1. The first kappa shape index (κ1) is 15.6. The number of aromatic nitrogens is 2. The molecule has 0 unspecified atom stereocenters. The third-order valence-electron chi connectivity index (χ3n) is 5.26. The first-order valence-corrected chi connectivity index (χ1v) is 8.78. The van der Waals surface area contributed by atoms with Gasteiger partial charge in [-0.25, -0.2) is 0 Å². The Bertz CT molecular complexity index is 719. The molecule has 24 heavy (non-hydrogen) atoms. The Morgan fingerprint density at radius 1 is 1.38 bits per heavy atom. The maximum atomic E-state index is 11.1. The molecule has 2 aliphatic rings. The van der Waals surface area contributed by atoms with E-state index in [2.05, 4.69) is 38.6 Å². The second-order valence-corrected chi connectivity index (χ2v) is 7.26. The smallest absolute Gasteiger partial charge is 0.317 e. The Hall–Kier alpha value is -1.92. The highest BCUT2D eigenvalue weighted by molar-refractivity contribution is 5.78. The van der Waals surface area contributed by atoms with Crippen LogP contribution in [0.1, 0.15) is 31.2 Å². The molecular formula is C18H24N4O2. The van der Waals surface area contributed by atoms with Crippen LogP contribution in [0, 0.1) is 5.92 Å². The number of aliphatic carboxylic acids is 1.